The molecular weight excluding hydrogens is 588 g/mol. The number of thiazole rings is 1. The second kappa shape index (κ2) is 11.3. The van der Waals surface area contributed by atoms with E-state index in [-0.39, 0.29) is 45.0 Å². The van der Waals surface area contributed by atoms with Gasteiger partial charge in [0, 0.05) is 23.9 Å². The summed E-state index contributed by atoms with van der Waals surface area (Å²) in [5, 5.41) is 22.4. The van der Waals surface area contributed by atoms with E-state index in [1.807, 2.05) is 0 Å². The summed E-state index contributed by atoms with van der Waals surface area (Å²) < 4.78 is 1.25. The molecule has 0 bridgehead atoms. The summed E-state index contributed by atoms with van der Waals surface area (Å²) in [7, 11) is 1.49. The number of H-pyrrole nitrogens is 1. The van der Waals surface area contributed by atoms with Gasteiger partial charge in [0.1, 0.15) is 28.9 Å². The SMILES string of the molecule is Cn1[nH]c(=O)c(=O)nc1SCC1=C(C(=O)O)N2C(=O)[C@@H](NC(=O)/C(=N\OC3CC3)c3csc(NC=O)n3)[C@H]2SC1. The number of nitrogens with one attached hydrogen (secondary N) is 3. The number of fused-ring (bicyclic) bond motifs is 1. The van der Waals surface area contributed by atoms with Crippen molar-refractivity contribution < 1.29 is 29.1 Å². The first-order valence-corrected chi connectivity index (χ1v) is 14.5. The lowest BCUT2D eigenvalue weighted by Crippen LogP contribution is -2.71. The Morgan fingerprint density at radius 1 is 1.32 bits per heavy atom. The van der Waals surface area contributed by atoms with Crippen LogP contribution in [0.1, 0.15) is 18.5 Å². The van der Waals surface area contributed by atoms with Gasteiger partial charge in [-0.1, -0.05) is 16.9 Å². The number of aryl methyl sites for hydroxylation is 1. The first-order chi connectivity index (χ1) is 19.2. The van der Waals surface area contributed by atoms with Crippen molar-refractivity contribution in [1.82, 2.24) is 30.0 Å². The lowest BCUT2D eigenvalue weighted by molar-refractivity contribution is -0.150. The van der Waals surface area contributed by atoms with Crippen molar-refractivity contribution in [2.24, 2.45) is 12.2 Å². The molecule has 1 saturated heterocycles. The second-order valence-electron chi connectivity index (χ2n) is 8.65. The molecule has 16 nitrogen and oxygen atoms in total. The molecule has 40 heavy (non-hydrogen) atoms. The van der Waals surface area contributed by atoms with Crippen LogP contribution in [0, 0.1) is 0 Å². The quantitative estimate of drug-likeness (QED) is 0.0597. The molecule has 210 valence electrons. The Morgan fingerprint density at radius 3 is 2.80 bits per heavy atom. The van der Waals surface area contributed by atoms with Crippen LogP contribution in [0.2, 0.25) is 0 Å². The van der Waals surface area contributed by atoms with E-state index in [4.69, 9.17) is 4.84 Å². The Morgan fingerprint density at radius 2 is 2.10 bits per heavy atom. The maximum absolute atomic E-state index is 13.2. The van der Waals surface area contributed by atoms with E-state index < -0.39 is 40.3 Å². The van der Waals surface area contributed by atoms with Gasteiger partial charge in [-0.3, -0.25) is 38.7 Å². The molecule has 2 aromatic heterocycles. The van der Waals surface area contributed by atoms with Crippen molar-refractivity contribution in [1.29, 1.82) is 0 Å². The van der Waals surface area contributed by atoms with Gasteiger partial charge < -0.3 is 20.6 Å². The predicted molar refractivity (Wildman–Crippen MR) is 143 cm³/mol. The number of nitrogens with zero attached hydrogens (tertiary/aromatic N) is 5. The topological polar surface area (TPSA) is 218 Å². The zero-order valence-electron chi connectivity index (χ0n) is 20.5. The maximum Gasteiger partial charge on any atom is 0.352 e. The van der Waals surface area contributed by atoms with Crippen LogP contribution in [-0.4, -0.2) is 88.7 Å². The highest BCUT2D eigenvalue weighted by atomic mass is 32.2. The lowest BCUT2D eigenvalue weighted by atomic mass is 10.0. The first kappa shape index (κ1) is 27.6. The first-order valence-electron chi connectivity index (χ1n) is 11.6. The molecule has 0 radical (unpaired) electrons. The fourth-order valence-corrected chi connectivity index (χ4v) is 6.81. The minimum Gasteiger partial charge on any atom is -0.477 e. The van der Waals surface area contributed by atoms with Crippen LogP contribution in [-0.2, 0) is 31.1 Å². The van der Waals surface area contributed by atoms with Crippen molar-refractivity contribution in [3.63, 3.8) is 0 Å². The largest absolute Gasteiger partial charge is 0.477 e. The van der Waals surface area contributed by atoms with Crippen LogP contribution in [0.25, 0.3) is 0 Å². The number of hydrogen-bond acceptors (Lipinski definition) is 13. The minimum atomic E-state index is -1.32. The maximum atomic E-state index is 13.2. The summed E-state index contributed by atoms with van der Waals surface area (Å²) in [6.45, 7) is 0. The summed E-state index contributed by atoms with van der Waals surface area (Å²) in [5.41, 5.74) is -1.69. The van der Waals surface area contributed by atoms with E-state index >= 15 is 0 Å². The third-order valence-corrected chi connectivity index (χ3v) is 9.05. The molecule has 1 aliphatic carbocycles. The molecule has 1 saturated carbocycles. The minimum absolute atomic E-state index is 0.0881. The Hall–Kier alpha value is -3.97. The number of aliphatic carboxylic acids is 1. The molecule has 0 aromatic carbocycles. The molecule has 4 N–H and O–H groups in total. The molecule has 5 rings (SSSR count). The van der Waals surface area contributed by atoms with Gasteiger partial charge in [0.15, 0.2) is 16.0 Å². The second-order valence-corrected chi connectivity index (χ2v) is 11.6. The summed E-state index contributed by atoms with van der Waals surface area (Å²) >= 11 is 3.37. The van der Waals surface area contributed by atoms with E-state index in [9.17, 15) is 33.9 Å². The fraction of sp³-hybridized carbons (Fsp3) is 0.381. The number of thioether (sulfide) groups is 2. The molecule has 3 amide bonds. The van der Waals surface area contributed by atoms with Gasteiger partial charge in [-0.05, 0) is 18.4 Å². The third kappa shape index (κ3) is 5.52. The third-order valence-electron chi connectivity index (χ3n) is 5.82. The number of anilines is 1. The number of carboxylic acid groups (broad SMARTS) is 1. The van der Waals surface area contributed by atoms with Gasteiger partial charge in [0.2, 0.25) is 6.41 Å². The monoisotopic (exact) mass is 608 g/mol. The molecule has 2 atom stereocenters. The number of rotatable bonds is 11. The van der Waals surface area contributed by atoms with Crippen LogP contribution in [0.3, 0.4) is 0 Å². The number of carbonyl (C=O) groups is 4. The van der Waals surface area contributed by atoms with Gasteiger partial charge in [-0.2, -0.15) is 4.98 Å². The van der Waals surface area contributed by atoms with Gasteiger partial charge in [0.05, 0.1) is 0 Å². The Balaban J connectivity index is 1.31. The molecule has 19 heteroatoms. The van der Waals surface area contributed by atoms with Crippen molar-refractivity contribution in [2.45, 2.75) is 35.5 Å². The average Bonchev–Trinajstić information content (AvgIpc) is 3.64. The standard InChI is InChI=1S/C21H20N8O8S3/c1-28-21(25-15(32)16(33)26-28)40-5-8-4-38-18-12(17(34)29(18)13(8)19(35)36)24-14(31)11(27-37-9-2-3-9)10-6-39-20(23-10)22-7-30/h6-7,9,12,18H,2-5H2,1H3,(H,24,31)(H,26,33)(H,35,36)(H,22,23,30)/b27-11-/t12-,18-/m1/s1. The van der Waals surface area contributed by atoms with Crippen molar-refractivity contribution in [3.8, 4) is 0 Å². The number of β-lactam (4-membered cyclic amide) rings is 1. The van der Waals surface area contributed by atoms with Crippen LogP contribution in [0.15, 0.2) is 36.6 Å². The van der Waals surface area contributed by atoms with Crippen molar-refractivity contribution in [2.75, 3.05) is 16.8 Å². The molecule has 2 aromatic rings. The Labute approximate surface area is 236 Å². The highest BCUT2D eigenvalue weighted by Gasteiger charge is 2.54. The molecule has 2 aliphatic heterocycles. The zero-order chi connectivity index (χ0) is 28.6. The number of oxime groups is 1. The summed E-state index contributed by atoms with van der Waals surface area (Å²) in [6, 6.07) is -1.03. The zero-order valence-corrected chi connectivity index (χ0v) is 22.9. The van der Waals surface area contributed by atoms with Crippen molar-refractivity contribution >= 4 is 69.9 Å². The Bertz CT molecular complexity index is 1580. The van der Waals surface area contributed by atoms with Crippen LogP contribution in [0.4, 0.5) is 5.13 Å². The summed E-state index contributed by atoms with van der Waals surface area (Å²) in [4.78, 5) is 86.5. The average molecular weight is 609 g/mol. The summed E-state index contributed by atoms with van der Waals surface area (Å²) in [6.07, 6.45) is 1.92. The van der Waals surface area contributed by atoms with Crippen LogP contribution < -0.4 is 21.8 Å². The molecule has 0 spiro atoms. The number of carbonyl (C=O) groups excluding carboxylic acids is 3. The van der Waals surface area contributed by atoms with Gasteiger partial charge in [-0.25, -0.2) is 9.78 Å². The van der Waals surface area contributed by atoms with Crippen LogP contribution >= 0.6 is 34.9 Å². The lowest BCUT2D eigenvalue weighted by Gasteiger charge is -2.49. The number of aromatic amines is 1. The van der Waals surface area contributed by atoms with E-state index in [1.165, 1.54) is 28.9 Å². The van der Waals surface area contributed by atoms with Crippen molar-refractivity contribution in [3.05, 3.63) is 43.1 Å². The summed E-state index contributed by atoms with van der Waals surface area (Å²) in [5.74, 6) is -2.37. The van der Waals surface area contributed by atoms with Gasteiger partial charge in [-0.15, -0.1) is 23.1 Å². The van der Waals surface area contributed by atoms with Gasteiger partial charge in [0.25, 0.3) is 11.8 Å². The number of hydrogen-bond donors (Lipinski definition) is 4. The fourth-order valence-electron chi connectivity index (χ4n) is 3.75. The molecular formula is C21H20N8O8S3. The van der Waals surface area contributed by atoms with Gasteiger partial charge >= 0.3 is 17.1 Å². The van der Waals surface area contributed by atoms with E-state index in [0.29, 0.717) is 12.0 Å². The highest BCUT2D eigenvalue weighted by Crippen LogP contribution is 2.41. The molecule has 3 aliphatic rings. The van der Waals surface area contributed by atoms with E-state index in [0.717, 1.165) is 40.8 Å². The Kier molecular flexibility index (Phi) is 7.76. The number of aromatic nitrogens is 4. The van der Waals surface area contributed by atoms with E-state index in [1.54, 1.807) is 0 Å². The van der Waals surface area contributed by atoms with Crippen LogP contribution in [0.5, 0.6) is 0 Å². The molecule has 4 heterocycles. The normalized spacial score (nSPS) is 20.5. The van der Waals surface area contributed by atoms with E-state index in [2.05, 4.69) is 30.9 Å². The predicted octanol–water partition coefficient (Wildman–Crippen LogP) is -1.09. The number of carboxylic acids is 1. The highest BCUT2D eigenvalue weighted by molar-refractivity contribution is 8.01. The molecule has 0 unspecified atom stereocenters. The smallest absolute Gasteiger partial charge is 0.352 e. The molecule has 2 fully saturated rings. The number of amides is 3.